The van der Waals surface area contributed by atoms with Crippen molar-refractivity contribution in [3.8, 4) is 5.75 Å². The highest BCUT2D eigenvalue weighted by Crippen LogP contribution is 2.20. The summed E-state index contributed by atoms with van der Waals surface area (Å²) in [5.74, 6) is 0.215. The number of rotatable bonds is 6. The van der Waals surface area contributed by atoms with E-state index < -0.39 is 11.6 Å². The summed E-state index contributed by atoms with van der Waals surface area (Å²) in [7, 11) is 1.62. The highest BCUT2D eigenvalue weighted by atomic mass is 35.5. The van der Waals surface area contributed by atoms with Gasteiger partial charge in [-0.15, -0.1) is 11.6 Å². The summed E-state index contributed by atoms with van der Waals surface area (Å²) >= 11 is 6.00. The van der Waals surface area contributed by atoms with Gasteiger partial charge < -0.3 is 4.74 Å². The molecule has 0 aliphatic rings. The van der Waals surface area contributed by atoms with E-state index in [2.05, 4.69) is 0 Å². The molecular weight excluding hydrogens is 294 g/mol. The number of methoxy groups -OCH3 is 1. The van der Waals surface area contributed by atoms with Gasteiger partial charge in [-0.3, -0.25) is 0 Å². The molecule has 0 bridgehead atoms. The summed E-state index contributed by atoms with van der Waals surface area (Å²) in [6, 6.07) is 11.3. The first-order valence-corrected chi connectivity index (χ1v) is 7.28. The first kappa shape index (κ1) is 15.8. The predicted molar refractivity (Wildman–Crippen MR) is 81.0 cm³/mol. The molecule has 0 heterocycles. The van der Waals surface area contributed by atoms with Crippen molar-refractivity contribution in [2.45, 2.75) is 12.8 Å². The molecule has 112 valence electrons. The minimum absolute atomic E-state index is 0.111. The van der Waals surface area contributed by atoms with Gasteiger partial charge in [0.1, 0.15) is 17.4 Å². The van der Waals surface area contributed by atoms with Gasteiger partial charge in [0.05, 0.1) is 7.11 Å². The second kappa shape index (κ2) is 7.41. The van der Waals surface area contributed by atoms with Crippen LogP contribution in [0, 0.1) is 17.6 Å². The Morgan fingerprint density at radius 3 is 2.29 bits per heavy atom. The van der Waals surface area contributed by atoms with Crippen molar-refractivity contribution in [1.82, 2.24) is 0 Å². The minimum atomic E-state index is -0.556. The van der Waals surface area contributed by atoms with Crippen LogP contribution in [0.15, 0.2) is 42.5 Å². The Bertz CT molecular complexity index is 581. The SMILES string of the molecule is COc1cccc(CC(CCl)Cc2cc(F)cc(F)c2)c1. The second-order valence-corrected chi connectivity index (χ2v) is 5.37. The minimum Gasteiger partial charge on any atom is -0.497 e. The van der Waals surface area contributed by atoms with Gasteiger partial charge in [0.15, 0.2) is 0 Å². The topological polar surface area (TPSA) is 9.23 Å². The summed E-state index contributed by atoms with van der Waals surface area (Å²) in [6.45, 7) is 0. The van der Waals surface area contributed by atoms with Crippen molar-refractivity contribution in [2.24, 2.45) is 5.92 Å². The third-order valence-electron chi connectivity index (χ3n) is 3.32. The molecule has 0 spiro atoms. The number of hydrogen-bond acceptors (Lipinski definition) is 1. The Hall–Kier alpha value is -1.61. The lowest BCUT2D eigenvalue weighted by Crippen LogP contribution is -2.10. The van der Waals surface area contributed by atoms with Gasteiger partial charge in [0.2, 0.25) is 0 Å². The Labute approximate surface area is 128 Å². The molecule has 0 fully saturated rings. The summed E-state index contributed by atoms with van der Waals surface area (Å²) < 4.78 is 31.6. The molecule has 1 nitrogen and oxygen atoms in total. The van der Waals surface area contributed by atoms with Crippen LogP contribution >= 0.6 is 11.6 Å². The maximum Gasteiger partial charge on any atom is 0.126 e. The third kappa shape index (κ3) is 4.71. The van der Waals surface area contributed by atoms with Gasteiger partial charge in [-0.05, 0) is 54.2 Å². The van der Waals surface area contributed by atoms with Gasteiger partial charge in [-0.1, -0.05) is 12.1 Å². The number of halogens is 3. The van der Waals surface area contributed by atoms with Crippen LogP contribution in [0.25, 0.3) is 0 Å². The predicted octanol–water partition coefficient (Wildman–Crippen LogP) is 4.61. The molecule has 2 rings (SSSR count). The molecule has 0 saturated heterocycles. The molecule has 0 aromatic heterocycles. The summed E-state index contributed by atoms with van der Waals surface area (Å²) in [6.07, 6.45) is 1.27. The molecular formula is C17H17ClF2O. The van der Waals surface area contributed by atoms with Crippen LogP contribution in [-0.2, 0) is 12.8 Å². The van der Waals surface area contributed by atoms with E-state index >= 15 is 0 Å². The number of alkyl halides is 1. The molecule has 0 radical (unpaired) electrons. The van der Waals surface area contributed by atoms with E-state index in [1.807, 2.05) is 24.3 Å². The highest BCUT2D eigenvalue weighted by molar-refractivity contribution is 6.18. The summed E-state index contributed by atoms with van der Waals surface area (Å²) in [5.41, 5.74) is 1.72. The Balaban J connectivity index is 2.08. The standard InChI is InChI=1S/C17H17ClF2O/c1-21-17-4-2-3-12(9-17)5-14(11-18)6-13-7-15(19)10-16(20)8-13/h2-4,7-10,14H,5-6,11H2,1H3. The van der Waals surface area contributed by atoms with Crippen molar-refractivity contribution < 1.29 is 13.5 Å². The fourth-order valence-electron chi connectivity index (χ4n) is 2.38. The van der Waals surface area contributed by atoms with Crippen LogP contribution < -0.4 is 4.74 Å². The van der Waals surface area contributed by atoms with E-state index in [-0.39, 0.29) is 5.92 Å². The van der Waals surface area contributed by atoms with Crippen LogP contribution in [0.1, 0.15) is 11.1 Å². The monoisotopic (exact) mass is 310 g/mol. The average molecular weight is 311 g/mol. The molecule has 0 aliphatic heterocycles. The zero-order chi connectivity index (χ0) is 15.2. The number of ether oxygens (including phenoxy) is 1. The van der Waals surface area contributed by atoms with E-state index in [0.29, 0.717) is 17.9 Å². The number of hydrogen-bond donors (Lipinski definition) is 0. The van der Waals surface area contributed by atoms with E-state index in [0.717, 1.165) is 23.8 Å². The van der Waals surface area contributed by atoms with Crippen molar-refractivity contribution in [3.63, 3.8) is 0 Å². The van der Waals surface area contributed by atoms with E-state index in [1.54, 1.807) is 7.11 Å². The maximum atomic E-state index is 13.2. The van der Waals surface area contributed by atoms with E-state index in [9.17, 15) is 8.78 Å². The van der Waals surface area contributed by atoms with Gasteiger partial charge in [0, 0.05) is 11.9 Å². The molecule has 0 aliphatic carbocycles. The first-order valence-electron chi connectivity index (χ1n) is 6.74. The van der Waals surface area contributed by atoms with Crippen LogP contribution in [-0.4, -0.2) is 13.0 Å². The van der Waals surface area contributed by atoms with Crippen LogP contribution in [0.5, 0.6) is 5.75 Å². The summed E-state index contributed by atoms with van der Waals surface area (Å²) in [4.78, 5) is 0. The lowest BCUT2D eigenvalue weighted by molar-refractivity contribution is 0.414. The highest BCUT2D eigenvalue weighted by Gasteiger charge is 2.12. The van der Waals surface area contributed by atoms with Crippen LogP contribution in [0.3, 0.4) is 0 Å². The molecule has 2 aromatic rings. The molecule has 1 atom stereocenters. The zero-order valence-corrected chi connectivity index (χ0v) is 12.5. The molecule has 0 amide bonds. The van der Waals surface area contributed by atoms with Gasteiger partial charge in [-0.2, -0.15) is 0 Å². The fourth-order valence-corrected chi connectivity index (χ4v) is 2.59. The molecule has 0 N–H and O–H groups in total. The van der Waals surface area contributed by atoms with Crippen molar-refractivity contribution in [1.29, 1.82) is 0 Å². The fraction of sp³-hybridized carbons (Fsp3) is 0.294. The lowest BCUT2D eigenvalue weighted by atomic mass is 9.94. The Kier molecular flexibility index (Phi) is 5.57. The number of benzene rings is 2. The van der Waals surface area contributed by atoms with Crippen molar-refractivity contribution in [2.75, 3.05) is 13.0 Å². The van der Waals surface area contributed by atoms with Crippen LogP contribution in [0.4, 0.5) is 8.78 Å². The average Bonchev–Trinajstić information content (AvgIpc) is 2.45. The van der Waals surface area contributed by atoms with Crippen molar-refractivity contribution >= 4 is 11.6 Å². The second-order valence-electron chi connectivity index (χ2n) is 5.06. The quantitative estimate of drug-likeness (QED) is 0.708. The smallest absolute Gasteiger partial charge is 0.126 e. The Morgan fingerprint density at radius 1 is 1.00 bits per heavy atom. The third-order valence-corrected chi connectivity index (χ3v) is 3.76. The zero-order valence-electron chi connectivity index (χ0n) is 11.8. The van der Waals surface area contributed by atoms with E-state index in [4.69, 9.17) is 16.3 Å². The largest absolute Gasteiger partial charge is 0.497 e. The molecule has 2 aromatic carbocycles. The van der Waals surface area contributed by atoms with Gasteiger partial charge in [0.25, 0.3) is 0 Å². The molecule has 4 heteroatoms. The lowest BCUT2D eigenvalue weighted by Gasteiger charge is -2.15. The van der Waals surface area contributed by atoms with E-state index in [1.165, 1.54) is 12.1 Å². The molecule has 1 unspecified atom stereocenters. The van der Waals surface area contributed by atoms with Gasteiger partial charge in [-0.25, -0.2) is 8.78 Å². The molecule has 21 heavy (non-hydrogen) atoms. The van der Waals surface area contributed by atoms with Gasteiger partial charge >= 0.3 is 0 Å². The molecule has 0 saturated carbocycles. The van der Waals surface area contributed by atoms with Crippen LogP contribution in [0.2, 0.25) is 0 Å². The Morgan fingerprint density at radius 2 is 1.67 bits per heavy atom. The summed E-state index contributed by atoms with van der Waals surface area (Å²) in [5, 5.41) is 0. The normalized spacial score (nSPS) is 12.2. The maximum absolute atomic E-state index is 13.2. The first-order chi connectivity index (χ1) is 10.1. The van der Waals surface area contributed by atoms with Crippen molar-refractivity contribution in [3.05, 3.63) is 65.2 Å².